The summed E-state index contributed by atoms with van der Waals surface area (Å²) in [5.74, 6) is 0.965. The van der Waals surface area contributed by atoms with E-state index in [4.69, 9.17) is 9.47 Å². The Balaban J connectivity index is 1.76. The third kappa shape index (κ3) is 4.68. The van der Waals surface area contributed by atoms with Crippen LogP contribution in [0.2, 0.25) is 0 Å². The van der Waals surface area contributed by atoms with Crippen LogP contribution in [0.25, 0.3) is 6.08 Å². The molecule has 2 aromatic rings. The Labute approximate surface area is 159 Å². The van der Waals surface area contributed by atoms with Crippen molar-refractivity contribution in [3.63, 3.8) is 0 Å². The van der Waals surface area contributed by atoms with Crippen LogP contribution in [-0.2, 0) is 11.4 Å². The maximum Gasteiger partial charge on any atom is 0.264 e. The third-order valence-electron chi connectivity index (χ3n) is 4.48. The molecular formula is C22H22N2O3. The van der Waals surface area contributed by atoms with Crippen molar-refractivity contribution in [2.45, 2.75) is 19.4 Å². The highest BCUT2D eigenvalue weighted by molar-refractivity contribution is 6.01. The molecule has 5 nitrogen and oxygen atoms in total. The molecule has 138 valence electrons. The first-order valence-corrected chi connectivity index (χ1v) is 8.97. The summed E-state index contributed by atoms with van der Waals surface area (Å²) in [4.78, 5) is 14.2. The lowest BCUT2D eigenvalue weighted by atomic mass is 10.1. The van der Waals surface area contributed by atoms with Gasteiger partial charge in [0, 0.05) is 13.1 Å². The van der Waals surface area contributed by atoms with Crippen LogP contribution in [0.1, 0.15) is 24.0 Å². The van der Waals surface area contributed by atoms with E-state index in [1.54, 1.807) is 30.2 Å². The largest absolute Gasteiger partial charge is 0.493 e. The zero-order chi connectivity index (χ0) is 19.1. The Morgan fingerprint density at radius 2 is 1.89 bits per heavy atom. The molecule has 0 saturated carbocycles. The molecule has 0 bridgehead atoms. The summed E-state index contributed by atoms with van der Waals surface area (Å²) < 4.78 is 11.3. The fourth-order valence-corrected chi connectivity index (χ4v) is 3.03. The molecule has 3 rings (SSSR count). The SMILES string of the molecule is COc1cc(C=C(C#N)C(=O)N2CCCC2)ccc1OCc1ccccc1. The van der Waals surface area contributed by atoms with Crippen LogP contribution < -0.4 is 9.47 Å². The van der Waals surface area contributed by atoms with E-state index in [0.717, 1.165) is 24.0 Å². The van der Waals surface area contributed by atoms with Gasteiger partial charge in [-0.15, -0.1) is 0 Å². The summed E-state index contributed by atoms with van der Waals surface area (Å²) in [6.45, 7) is 1.87. The van der Waals surface area contributed by atoms with E-state index in [1.165, 1.54) is 0 Å². The van der Waals surface area contributed by atoms with Crippen molar-refractivity contribution >= 4 is 12.0 Å². The number of carbonyl (C=O) groups is 1. The minimum Gasteiger partial charge on any atom is -0.493 e. The molecule has 0 atom stereocenters. The number of hydrogen-bond donors (Lipinski definition) is 0. The number of ether oxygens (including phenoxy) is 2. The molecule has 1 heterocycles. The molecule has 2 aromatic carbocycles. The van der Waals surface area contributed by atoms with E-state index in [2.05, 4.69) is 0 Å². The van der Waals surface area contributed by atoms with Gasteiger partial charge in [-0.2, -0.15) is 5.26 Å². The first-order valence-electron chi connectivity index (χ1n) is 8.97. The monoisotopic (exact) mass is 362 g/mol. The van der Waals surface area contributed by atoms with Gasteiger partial charge >= 0.3 is 0 Å². The molecule has 1 saturated heterocycles. The van der Waals surface area contributed by atoms with Crippen LogP contribution in [0, 0.1) is 11.3 Å². The normalized spacial score (nSPS) is 13.9. The molecule has 27 heavy (non-hydrogen) atoms. The molecule has 0 aliphatic carbocycles. The molecule has 1 fully saturated rings. The number of nitriles is 1. The topological polar surface area (TPSA) is 62.6 Å². The summed E-state index contributed by atoms with van der Waals surface area (Å²) in [7, 11) is 1.57. The maximum absolute atomic E-state index is 12.4. The molecular weight excluding hydrogens is 340 g/mol. The van der Waals surface area contributed by atoms with E-state index < -0.39 is 0 Å². The van der Waals surface area contributed by atoms with Gasteiger partial charge in [0.2, 0.25) is 0 Å². The Morgan fingerprint density at radius 1 is 1.15 bits per heavy atom. The molecule has 0 aromatic heterocycles. The van der Waals surface area contributed by atoms with Crippen LogP contribution in [0.5, 0.6) is 11.5 Å². The van der Waals surface area contributed by atoms with Crippen molar-refractivity contribution in [2.75, 3.05) is 20.2 Å². The van der Waals surface area contributed by atoms with E-state index in [1.807, 2.05) is 42.5 Å². The van der Waals surface area contributed by atoms with Crippen molar-refractivity contribution in [3.8, 4) is 17.6 Å². The van der Waals surface area contributed by atoms with Crippen molar-refractivity contribution in [1.29, 1.82) is 5.26 Å². The summed E-state index contributed by atoms with van der Waals surface area (Å²) >= 11 is 0. The van der Waals surface area contributed by atoms with Crippen molar-refractivity contribution < 1.29 is 14.3 Å². The van der Waals surface area contributed by atoms with Gasteiger partial charge in [-0.25, -0.2) is 0 Å². The molecule has 0 radical (unpaired) electrons. The minimum atomic E-state index is -0.210. The van der Waals surface area contributed by atoms with Crippen LogP contribution in [0.3, 0.4) is 0 Å². The second kappa shape index (κ2) is 8.91. The molecule has 1 aliphatic heterocycles. The molecule has 5 heteroatoms. The second-order valence-electron chi connectivity index (χ2n) is 6.35. The van der Waals surface area contributed by atoms with Gasteiger partial charge in [0.25, 0.3) is 5.91 Å². The summed E-state index contributed by atoms with van der Waals surface area (Å²) in [5, 5.41) is 9.39. The Kier molecular flexibility index (Phi) is 6.11. The van der Waals surface area contributed by atoms with Crippen LogP contribution >= 0.6 is 0 Å². The first-order chi connectivity index (χ1) is 13.2. The van der Waals surface area contributed by atoms with Crippen LogP contribution in [0.4, 0.5) is 0 Å². The zero-order valence-electron chi connectivity index (χ0n) is 15.4. The van der Waals surface area contributed by atoms with Gasteiger partial charge in [0.15, 0.2) is 11.5 Å². The van der Waals surface area contributed by atoms with Gasteiger partial charge in [0.1, 0.15) is 18.2 Å². The van der Waals surface area contributed by atoms with Crippen LogP contribution in [0.15, 0.2) is 54.1 Å². The quantitative estimate of drug-likeness (QED) is 0.579. The van der Waals surface area contributed by atoms with Gasteiger partial charge in [-0.3, -0.25) is 4.79 Å². The van der Waals surface area contributed by atoms with Gasteiger partial charge < -0.3 is 14.4 Å². The second-order valence-corrected chi connectivity index (χ2v) is 6.35. The Morgan fingerprint density at radius 3 is 2.56 bits per heavy atom. The predicted molar refractivity (Wildman–Crippen MR) is 103 cm³/mol. The number of amides is 1. The number of benzene rings is 2. The smallest absolute Gasteiger partial charge is 0.264 e. The van der Waals surface area contributed by atoms with Gasteiger partial charge in [0.05, 0.1) is 7.11 Å². The van der Waals surface area contributed by atoms with Gasteiger partial charge in [-0.1, -0.05) is 36.4 Å². The third-order valence-corrected chi connectivity index (χ3v) is 4.48. The molecule has 0 unspecified atom stereocenters. The minimum absolute atomic E-state index is 0.136. The lowest BCUT2D eigenvalue weighted by Crippen LogP contribution is -2.28. The van der Waals surface area contributed by atoms with E-state index in [9.17, 15) is 10.1 Å². The number of methoxy groups -OCH3 is 1. The molecule has 1 aliphatic rings. The highest BCUT2D eigenvalue weighted by atomic mass is 16.5. The summed E-state index contributed by atoms with van der Waals surface area (Å²) in [6, 6.07) is 17.3. The number of rotatable bonds is 6. The van der Waals surface area contributed by atoms with Crippen LogP contribution in [-0.4, -0.2) is 31.0 Å². The molecule has 0 spiro atoms. The lowest BCUT2D eigenvalue weighted by Gasteiger charge is -2.14. The van der Waals surface area contributed by atoms with E-state index >= 15 is 0 Å². The number of likely N-dealkylation sites (tertiary alicyclic amines) is 1. The number of nitrogens with zero attached hydrogens (tertiary/aromatic N) is 2. The van der Waals surface area contributed by atoms with E-state index in [-0.39, 0.29) is 11.5 Å². The van der Waals surface area contributed by atoms with E-state index in [0.29, 0.717) is 31.2 Å². The van der Waals surface area contributed by atoms with Crippen molar-refractivity contribution in [1.82, 2.24) is 4.90 Å². The molecule has 1 amide bonds. The number of carbonyl (C=O) groups excluding carboxylic acids is 1. The first kappa shape index (κ1) is 18.5. The number of hydrogen-bond acceptors (Lipinski definition) is 4. The highest BCUT2D eigenvalue weighted by Gasteiger charge is 2.21. The zero-order valence-corrected chi connectivity index (χ0v) is 15.4. The average Bonchev–Trinajstić information content (AvgIpc) is 3.26. The van der Waals surface area contributed by atoms with Crippen molar-refractivity contribution in [2.24, 2.45) is 0 Å². The fourth-order valence-electron chi connectivity index (χ4n) is 3.03. The maximum atomic E-state index is 12.4. The standard InChI is InChI=1S/C22H22N2O3/c1-26-21-14-18(13-19(15-23)22(25)24-11-5-6-12-24)9-10-20(21)27-16-17-7-3-2-4-8-17/h2-4,7-10,13-14H,5-6,11-12,16H2,1H3. The Hall–Kier alpha value is -3.26. The Bertz CT molecular complexity index is 863. The summed E-state index contributed by atoms with van der Waals surface area (Å²) in [5.41, 5.74) is 1.92. The molecule has 0 N–H and O–H groups in total. The highest BCUT2D eigenvalue weighted by Crippen LogP contribution is 2.30. The fraction of sp³-hybridized carbons (Fsp3) is 0.273. The average molecular weight is 362 g/mol. The van der Waals surface area contributed by atoms with Gasteiger partial charge in [-0.05, 0) is 42.2 Å². The summed E-state index contributed by atoms with van der Waals surface area (Å²) in [6.07, 6.45) is 3.58. The van der Waals surface area contributed by atoms with Crippen molar-refractivity contribution in [3.05, 3.63) is 65.2 Å². The predicted octanol–water partition coefficient (Wildman–Crippen LogP) is 3.80. The lowest BCUT2D eigenvalue weighted by molar-refractivity contribution is -0.125.